The molecule has 0 radical (unpaired) electrons. The van der Waals surface area contributed by atoms with Gasteiger partial charge >= 0.3 is 0 Å². The number of ether oxygens (including phenoxy) is 1. The van der Waals surface area contributed by atoms with Crippen molar-refractivity contribution in [1.29, 1.82) is 0 Å². The molecule has 0 bridgehead atoms. The van der Waals surface area contributed by atoms with Crippen LogP contribution in [0, 0.1) is 5.92 Å². The lowest BCUT2D eigenvalue weighted by atomic mass is 9.88. The van der Waals surface area contributed by atoms with Crippen LogP contribution in [-0.4, -0.2) is 24.1 Å². The average molecular weight is 329 g/mol. The maximum atomic E-state index is 12.3. The molecule has 1 aromatic carbocycles. The van der Waals surface area contributed by atoms with Crippen LogP contribution in [-0.2, 0) is 0 Å². The molecule has 5 heteroatoms. The van der Waals surface area contributed by atoms with E-state index >= 15 is 0 Å². The van der Waals surface area contributed by atoms with Gasteiger partial charge in [0.25, 0.3) is 5.91 Å². The first-order valence-electron chi connectivity index (χ1n) is 7.61. The molecule has 0 heterocycles. The number of carbonyl (C=O) groups excluding carboxylic acids is 1. The molecule has 0 fully saturated rings. The Morgan fingerprint density at radius 1 is 1.27 bits per heavy atom. The molecule has 1 rings (SSSR count). The first-order chi connectivity index (χ1) is 9.82. The van der Waals surface area contributed by atoms with Crippen LogP contribution in [0.3, 0.4) is 0 Å². The van der Waals surface area contributed by atoms with Crippen molar-refractivity contribution in [3.05, 3.63) is 29.8 Å². The number of benzene rings is 1. The normalized spacial score (nSPS) is 14.7. The summed E-state index contributed by atoms with van der Waals surface area (Å²) in [5.41, 5.74) is 6.01. The minimum Gasteiger partial charge on any atom is -0.491 e. The Balaban J connectivity index is 0.00000441. The summed E-state index contributed by atoms with van der Waals surface area (Å²) < 4.78 is 5.71. The molecule has 2 atom stereocenters. The minimum absolute atomic E-state index is 0. The van der Waals surface area contributed by atoms with Gasteiger partial charge in [0, 0.05) is 12.1 Å². The summed E-state index contributed by atoms with van der Waals surface area (Å²) >= 11 is 0. The van der Waals surface area contributed by atoms with Gasteiger partial charge < -0.3 is 15.8 Å². The van der Waals surface area contributed by atoms with Gasteiger partial charge in [-0.15, -0.1) is 12.4 Å². The summed E-state index contributed by atoms with van der Waals surface area (Å²) in [5.74, 6) is 0.942. The summed E-state index contributed by atoms with van der Waals surface area (Å²) in [7, 11) is 0. The van der Waals surface area contributed by atoms with Crippen LogP contribution in [0.4, 0.5) is 0 Å². The molecule has 1 aromatic rings. The molecule has 0 spiro atoms. The average Bonchev–Trinajstić information content (AvgIpc) is 2.47. The van der Waals surface area contributed by atoms with Crippen LogP contribution in [0.5, 0.6) is 5.75 Å². The van der Waals surface area contributed by atoms with E-state index in [4.69, 9.17) is 10.5 Å². The van der Waals surface area contributed by atoms with E-state index in [9.17, 15) is 4.79 Å². The predicted molar refractivity (Wildman–Crippen MR) is 93.8 cm³/mol. The second-order valence-corrected chi connectivity index (χ2v) is 6.09. The van der Waals surface area contributed by atoms with E-state index in [1.165, 1.54) is 0 Å². The van der Waals surface area contributed by atoms with Crippen molar-refractivity contribution >= 4 is 18.3 Å². The summed E-state index contributed by atoms with van der Waals surface area (Å²) in [5, 5.41) is 3.03. The standard InChI is InChI=1S/C17H28N2O2.ClH/c1-6-13(4)21-15-9-7-14(8-10-15)16(20)19-17(5,11-18)12(2)3;/h7-10,12-13H,6,11,18H2,1-5H3,(H,19,20);1H. The molecule has 0 saturated carbocycles. The van der Waals surface area contributed by atoms with Gasteiger partial charge in [0.15, 0.2) is 0 Å². The fourth-order valence-electron chi connectivity index (χ4n) is 1.76. The molecule has 0 aliphatic heterocycles. The highest BCUT2D eigenvalue weighted by Gasteiger charge is 2.28. The third-order valence-electron chi connectivity index (χ3n) is 4.13. The van der Waals surface area contributed by atoms with Crippen LogP contribution >= 0.6 is 12.4 Å². The molecule has 126 valence electrons. The van der Waals surface area contributed by atoms with Crippen molar-refractivity contribution in [3.8, 4) is 5.75 Å². The second-order valence-electron chi connectivity index (χ2n) is 6.09. The van der Waals surface area contributed by atoms with E-state index in [-0.39, 0.29) is 30.3 Å². The lowest BCUT2D eigenvalue weighted by Gasteiger charge is -2.33. The Bertz CT molecular complexity index is 462. The van der Waals surface area contributed by atoms with Gasteiger partial charge in [-0.25, -0.2) is 0 Å². The van der Waals surface area contributed by atoms with Crippen LogP contribution in [0.1, 0.15) is 51.4 Å². The quantitative estimate of drug-likeness (QED) is 0.806. The highest BCUT2D eigenvalue weighted by molar-refractivity contribution is 5.94. The first kappa shape index (κ1) is 20.7. The van der Waals surface area contributed by atoms with Gasteiger partial charge in [-0.2, -0.15) is 0 Å². The Hall–Kier alpha value is -1.26. The van der Waals surface area contributed by atoms with Crippen molar-refractivity contribution in [3.63, 3.8) is 0 Å². The van der Waals surface area contributed by atoms with E-state index in [0.29, 0.717) is 12.1 Å². The molecule has 22 heavy (non-hydrogen) atoms. The zero-order valence-corrected chi connectivity index (χ0v) is 15.0. The lowest BCUT2D eigenvalue weighted by molar-refractivity contribution is 0.0883. The van der Waals surface area contributed by atoms with Crippen LogP contribution in [0.25, 0.3) is 0 Å². The third kappa shape index (κ3) is 5.50. The van der Waals surface area contributed by atoms with Crippen LogP contribution in [0.15, 0.2) is 24.3 Å². The number of hydrogen-bond donors (Lipinski definition) is 2. The van der Waals surface area contributed by atoms with Crippen LogP contribution < -0.4 is 15.8 Å². The van der Waals surface area contributed by atoms with Gasteiger partial charge in [-0.1, -0.05) is 20.8 Å². The van der Waals surface area contributed by atoms with Gasteiger partial charge in [-0.05, 0) is 50.5 Å². The summed E-state index contributed by atoms with van der Waals surface area (Å²) in [4.78, 5) is 12.3. The number of amides is 1. The lowest BCUT2D eigenvalue weighted by Crippen LogP contribution is -2.55. The van der Waals surface area contributed by atoms with Crippen molar-refractivity contribution < 1.29 is 9.53 Å². The molecule has 4 nitrogen and oxygen atoms in total. The Morgan fingerprint density at radius 3 is 2.23 bits per heavy atom. The van der Waals surface area contributed by atoms with Crippen molar-refractivity contribution in [1.82, 2.24) is 5.32 Å². The zero-order chi connectivity index (χ0) is 16.0. The van der Waals surface area contributed by atoms with Gasteiger partial charge in [0.2, 0.25) is 0 Å². The van der Waals surface area contributed by atoms with Crippen molar-refractivity contribution in [2.24, 2.45) is 11.7 Å². The largest absolute Gasteiger partial charge is 0.491 e. The van der Waals surface area contributed by atoms with Crippen molar-refractivity contribution in [2.75, 3.05) is 6.54 Å². The molecular weight excluding hydrogens is 300 g/mol. The molecule has 0 aliphatic carbocycles. The molecule has 1 amide bonds. The molecule has 0 aliphatic rings. The summed E-state index contributed by atoms with van der Waals surface area (Å²) in [6, 6.07) is 7.22. The zero-order valence-electron chi connectivity index (χ0n) is 14.2. The van der Waals surface area contributed by atoms with Gasteiger partial charge in [0.05, 0.1) is 11.6 Å². The van der Waals surface area contributed by atoms with E-state index in [0.717, 1.165) is 12.2 Å². The summed E-state index contributed by atoms with van der Waals surface area (Å²) in [6.07, 6.45) is 1.12. The fourth-order valence-corrected chi connectivity index (χ4v) is 1.76. The van der Waals surface area contributed by atoms with E-state index in [1.807, 2.05) is 26.0 Å². The molecule has 3 N–H and O–H groups in total. The number of nitrogens with two attached hydrogens (primary N) is 1. The topological polar surface area (TPSA) is 64.3 Å². The van der Waals surface area contributed by atoms with E-state index in [1.54, 1.807) is 12.1 Å². The number of hydrogen-bond acceptors (Lipinski definition) is 3. The summed E-state index contributed by atoms with van der Waals surface area (Å²) in [6.45, 7) is 10.6. The second kappa shape index (κ2) is 9.01. The molecule has 0 saturated heterocycles. The predicted octanol–water partition coefficient (Wildman–Crippen LogP) is 3.39. The number of nitrogens with one attached hydrogen (secondary N) is 1. The molecule has 2 unspecified atom stereocenters. The maximum absolute atomic E-state index is 12.3. The Labute approximate surface area is 140 Å². The van der Waals surface area contributed by atoms with E-state index in [2.05, 4.69) is 26.1 Å². The fraction of sp³-hybridized carbons (Fsp3) is 0.588. The van der Waals surface area contributed by atoms with Gasteiger partial charge in [0.1, 0.15) is 5.75 Å². The Morgan fingerprint density at radius 2 is 1.82 bits per heavy atom. The SMILES string of the molecule is CCC(C)Oc1ccc(C(=O)NC(C)(CN)C(C)C)cc1.Cl. The number of carbonyl (C=O) groups is 1. The third-order valence-corrected chi connectivity index (χ3v) is 4.13. The minimum atomic E-state index is -0.400. The van der Waals surface area contributed by atoms with Crippen molar-refractivity contribution in [2.45, 2.75) is 52.7 Å². The smallest absolute Gasteiger partial charge is 0.251 e. The maximum Gasteiger partial charge on any atom is 0.251 e. The highest BCUT2D eigenvalue weighted by Crippen LogP contribution is 2.18. The highest BCUT2D eigenvalue weighted by atomic mass is 35.5. The molecular formula is C17H29ClN2O2. The van der Waals surface area contributed by atoms with Gasteiger partial charge in [-0.3, -0.25) is 4.79 Å². The van der Waals surface area contributed by atoms with E-state index < -0.39 is 5.54 Å². The monoisotopic (exact) mass is 328 g/mol. The number of rotatable bonds is 7. The first-order valence-corrected chi connectivity index (χ1v) is 7.61. The van der Waals surface area contributed by atoms with Crippen LogP contribution in [0.2, 0.25) is 0 Å². The molecule has 0 aromatic heterocycles. The number of halogens is 1. The Kier molecular flexibility index (Phi) is 8.49.